The molecule has 0 atom stereocenters. The summed E-state index contributed by atoms with van der Waals surface area (Å²) in [5.74, 6) is 1.03. The van der Waals surface area contributed by atoms with Gasteiger partial charge in [0, 0.05) is 13.2 Å². The van der Waals surface area contributed by atoms with Crippen molar-refractivity contribution in [3.63, 3.8) is 0 Å². The number of hydrazone groups is 1. The summed E-state index contributed by atoms with van der Waals surface area (Å²) in [7, 11) is 1.76. The highest BCUT2D eigenvalue weighted by atomic mass is 127. The number of aryl methyl sites for hydroxylation is 1. The third-order valence-corrected chi connectivity index (χ3v) is 3.56. The predicted molar refractivity (Wildman–Crippen MR) is 83.6 cm³/mol. The van der Waals surface area contributed by atoms with Gasteiger partial charge in [-0.1, -0.05) is 0 Å². The van der Waals surface area contributed by atoms with E-state index in [4.69, 9.17) is 9.47 Å². The van der Waals surface area contributed by atoms with Crippen LogP contribution in [-0.2, 0) is 7.05 Å². The van der Waals surface area contributed by atoms with Gasteiger partial charge in [0.05, 0.1) is 9.78 Å². The third-order valence-electron chi connectivity index (χ3n) is 2.78. The largest absolute Gasteiger partial charge is 0.454 e. The maximum atomic E-state index is 11.9. The Morgan fingerprint density at radius 1 is 1.48 bits per heavy atom. The molecule has 1 aliphatic rings. The summed E-state index contributed by atoms with van der Waals surface area (Å²) >= 11 is 2.05. The van der Waals surface area contributed by atoms with Gasteiger partial charge in [0.15, 0.2) is 17.2 Å². The Hall–Kier alpha value is -2.10. The molecule has 3 rings (SSSR count). The van der Waals surface area contributed by atoms with E-state index in [2.05, 4.69) is 38.2 Å². The molecule has 0 unspecified atom stereocenters. The van der Waals surface area contributed by atoms with Gasteiger partial charge in [-0.05, 0) is 46.4 Å². The lowest BCUT2D eigenvalue weighted by molar-refractivity contribution is 0.0948. The highest BCUT2D eigenvalue weighted by molar-refractivity contribution is 14.1. The molecule has 21 heavy (non-hydrogen) atoms. The molecule has 0 bridgehead atoms. The molecule has 0 aliphatic carbocycles. The number of hydrogen-bond donors (Lipinski definition) is 1. The molecule has 108 valence electrons. The van der Waals surface area contributed by atoms with Crippen LogP contribution in [0.25, 0.3) is 0 Å². The van der Waals surface area contributed by atoms with Gasteiger partial charge >= 0.3 is 0 Å². The normalized spacial score (nSPS) is 12.9. The summed E-state index contributed by atoms with van der Waals surface area (Å²) in [5.41, 5.74) is 3.60. The zero-order chi connectivity index (χ0) is 14.8. The van der Waals surface area contributed by atoms with E-state index in [0.717, 1.165) is 9.13 Å². The molecule has 7 nitrogen and oxygen atoms in total. The van der Waals surface area contributed by atoms with Crippen LogP contribution in [-0.4, -0.2) is 28.7 Å². The average Bonchev–Trinajstić information content (AvgIpc) is 3.04. The molecule has 0 saturated carbocycles. The Labute approximate surface area is 134 Å². The van der Waals surface area contributed by atoms with Crippen LogP contribution in [0, 0.1) is 3.57 Å². The molecule has 1 amide bonds. The van der Waals surface area contributed by atoms with Crippen molar-refractivity contribution in [2.45, 2.75) is 0 Å². The topological polar surface area (TPSA) is 77.7 Å². The van der Waals surface area contributed by atoms with Crippen molar-refractivity contribution in [1.82, 2.24) is 15.2 Å². The van der Waals surface area contributed by atoms with Gasteiger partial charge in [-0.15, -0.1) is 0 Å². The maximum absolute atomic E-state index is 11.9. The minimum absolute atomic E-state index is 0.227. The molecular weight excluding hydrogens is 387 g/mol. The molecule has 8 heteroatoms. The van der Waals surface area contributed by atoms with Crippen LogP contribution in [0.1, 0.15) is 16.1 Å². The Bertz CT molecular complexity index is 726. The number of nitrogens with one attached hydrogen (secondary N) is 1. The molecular formula is C13H11IN4O3. The second-order valence-electron chi connectivity index (χ2n) is 4.31. The lowest BCUT2D eigenvalue weighted by atomic mass is 10.2. The molecule has 2 heterocycles. The van der Waals surface area contributed by atoms with Gasteiger partial charge < -0.3 is 9.47 Å². The predicted octanol–water partition coefficient (Wildman–Crippen LogP) is 1.52. The Morgan fingerprint density at radius 3 is 3.05 bits per heavy atom. The molecule has 1 N–H and O–H groups in total. The second kappa shape index (κ2) is 5.72. The van der Waals surface area contributed by atoms with Gasteiger partial charge in [-0.2, -0.15) is 10.2 Å². The SMILES string of the molecule is Cn1cc(I)c(C(=O)N/N=C/c2ccc3c(c2)OCO3)n1. The number of rotatable bonds is 3. The summed E-state index contributed by atoms with van der Waals surface area (Å²) < 4.78 is 12.8. The monoisotopic (exact) mass is 398 g/mol. The van der Waals surface area contributed by atoms with Gasteiger partial charge in [0.1, 0.15) is 0 Å². The molecule has 1 aliphatic heterocycles. The summed E-state index contributed by atoms with van der Waals surface area (Å²) in [6.07, 6.45) is 3.30. The maximum Gasteiger partial charge on any atom is 0.292 e. The molecule has 2 aromatic rings. The number of ether oxygens (including phenoxy) is 2. The van der Waals surface area contributed by atoms with Crippen molar-refractivity contribution >= 4 is 34.7 Å². The number of fused-ring (bicyclic) bond motifs is 1. The van der Waals surface area contributed by atoms with Crippen LogP contribution in [0.5, 0.6) is 11.5 Å². The average molecular weight is 398 g/mol. The van der Waals surface area contributed by atoms with Crippen LogP contribution in [0.15, 0.2) is 29.5 Å². The number of amides is 1. The first-order valence-corrected chi connectivity index (χ1v) is 7.13. The van der Waals surface area contributed by atoms with Crippen LogP contribution < -0.4 is 14.9 Å². The zero-order valence-corrected chi connectivity index (χ0v) is 13.2. The number of aromatic nitrogens is 2. The summed E-state index contributed by atoms with van der Waals surface area (Å²) in [6, 6.07) is 5.42. The van der Waals surface area contributed by atoms with E-state index in [9.17, 15) is 4.79 Å². The summed E-state index contributed by atoms with van der Waals surface area (Å²) in [4.78, 5) is 11.9. The standard InChI is InChI=1S/C13H11IN4O3/c1-18-6-9(14)12(17-18)13(19)16-15-5-8-2-3-10-11(4-8)21-7-20-10/h2-6H,7H2,1H3,(H,16,19)/b15-5+. The minimum Gasteiger partial charge on any atom is -0.454 e. The van der Waals surface area contributed by atoms with E-state index in [0.29, 0.717) is 17.2 Å². The molecule has 0 spiro atoms. The zero-order valence-electron chi connectivity index (χ0n) is 11.0. The van der Waals surface area contributed by atoms with Gasteiger partial charge in [-0.25, -0.2) is 5.43 Å². The van der Waals surface area contributed by atoms with E-state index >= 15 is 0 Å². The Kier molecular flexibility index (Phi) is 3.78. The first-order chi connectivity index (χ1) is 10.1. The number of nitrogens with zero attached hydrogens (tertiary/aromatic N) is 3. The number of benzene rings is 1. The van der Waals surface area contributed by atoms with Crippen molar-refractivity contribution < 1.29 is 14.3 Å². The Morgan fingerprint density at radius 2 is 2.29 bits per heavy atom. The van der Waals surface area contributed by atoms with Gasteiger partial charge in [-0.3, -0.25) is 9.48 Å². The van der Waals surface area contributed by atoms with Crippen LogP contribution in [0.4, 0.5) is 0 Å². The summed E-state index contributed by atoms with van der Waals surface area (Å²) in [6.45, 7) is 0.227. The van der Waals surface area contributed by atoms with Crippen molar-refractivity contribution in [2.24, 2.45) is 12.1 Å². The van der Waals surface area contributed by atoms with Crippen molar-refractivity contribution in [3.05, 3.63) is 39.2 Å². The fraction of sp³-hybridized carbons (Fsp3) is 0.154. The van der Waals surface area contributed by atoms with E-state index in [1.165, 1.54) is 6.21 Å². The molecule has 0 fully saturated rings. The quantitative estimate of drug-likeness (QED) is 0.483. The van der Waals surface area contributed by atoms with Gasteiger partial charge in [0.2, 0.25) is 6.79 Å². The van der Waals surface area contributed by atoms with Crippen LogP contribution >= 0.6 is 22.6 Å². The van der Waals surface area contributed by atoms with Crippen molar-refractivity contribution in [1.29, 1.82) is 0 Å². The van der Waals surface area contributed by atoms with E-state index < -0.39 is 0 Å². The Balaban J connectivity index is 1.67. The van der Waals surface area contributed by atoms with E-state index in [1.54, 1.807) is 30.1 Å². The lowest BCUT2D eigenvalue weighted by Gasteiger charge is -1.98. The minimum atomic E-state index is -0.350. The van der Waals surface area contributed by atoms with Crippen LogP contribution in [0.3, 0.4) is 0 Å². The van der Waals surface area contributed by atoms with Crippen molar-refractivity contribution in [2.75, 3.05) is 6.79 Å². The highest BCUT2D eigenvalue weighted by Gasteiger charge is 2.14. The molecule has 0 radical (unpaired) electrons. The number of halogens is 1. The van der Waals surface area contributed by atoms with E-state index in [-0.39, 0.29) is 12.7 Å². The molecule has 1 aromatic heterocycles. The summed E-state index contributed by atoms with van der Waals surface area (Å²) in [5, 5.41) is 7.99. The molecule has 1 aromatic carbocycles. The fourth-order valence-electron chi connectivity index (χ4n) is 1.83. The number of hydrogen-bond acceptors (Lipinski definition) is 5. The van der Waals surface area contributed by atoms with Crippen LogP contribution in [0.2, 0.25) is 0 Å². The lowest BCUT2D eigenvalue weighted by Crippen LogP contribution is -2.19. The smallest absolute Gasteiger partial charge is 0.292 e. The second-order valence-corrected chi connectivity index (χ2v) is 5.47. The third kappa shape index (κ3) is 2.99. The molecule has 0 saturated heterocycles. The van der Waals surface area contributed by atoms with Gasteiger partial charge in [0.25, 0.3) is 5.91 Å². The fourth-order valence-corrected chi connectivity index (χ4v) is 2.58. The van der Waals surface area contributed by atoms with Crippen molar-refractivity contribution in [3.8, 4) is 11.5 Å². The first-order valence-electron chi connectivity index (χ1n) is 6.05. The number of carbonyl (C=O) groups is 1. The highest BCUT2D eigenvalue weighted by Crippen LogP contribution is 2.31. The van der Waals surface area contributed by atoms with E-state index in [1.807, 2.05) is 6.07 Å². The first kappa shape index (κ1) is 13.9. The number of carbonyl (C=O) groups excluding carboxylic acids is 1.